The van der Waals surface area contributed by atoms with Crippen LogP contribution in [-0.4, -0.2) is 20.3 Å². The minimum absolute atomic E-state index is 0.782. The molecule has 0 unspecified atom stereocenters. The Morgan fingerprint density at radius 1 is 1.29 bits per heavy atom. The number of unbranched alkanes of at least 4 members (excludes halogenated alkanes) is 2. The number of nitrogens with one attached hydrogen (secondary N) is 1. The first-order chi connectivity index (χ1) is 8.24. The molecule has 0 aliphatic heterocycles. The van der Waals surface area contributed by atoms with Gasteiger partial charge in [0.25, 0.3) is 0 Å². The topological polar surface area (TPSA) is 21.3 Å². The van der Waals surface area contributed by atoms with Crippen molar-refractivity contribution in [1.29, 1.82) is 0 Å². The fourth-order valence-corrected chi connectivity index (χ4v) is 2.16. The molecule has 4 heteroatoms. The third kappa shape index (κ3) is 6.41. The van der Waals surface area contributed by atoms with Crippen LogP contribution < -0.4 is 5.32 Å². The van der Waals surface area contributed by atoms with Crippen molar-refractivity contribution in [3.05, 3.63) is 33.3 Å². The summed E-state index contributed by atoms with van der Waals surface area (Å²) >= 11 is 9.47. The number of ether oxygens (including phenoxy) is 1. The first-order valence-corrected chi connectivity index (χ1v) is 7.04. The highest BCUT2D eigenvalue weighted by molar-refractivity contribution is 9.10. The van der Waals surface area contributed by atoms with Crippen LogP contribution >= 0.6 is 27.5 Å². The number of halogens is 2. The number of hydrogen-bond acceptors (Lipinski definition) is 2. The summed E-state index contributed by atoms with van der Waals surface area (Å²) in [4.78, 5) is 0. The zero-order valence-corrected chi connectivity index (χ0v) is 12.5. The maximum Gasteiger partial charge on any atom is 0.0462 e. The van der Waals surface area contributed by atoms with Crippen LogP contribution in [0.15, 0.2) is 22.7 Å². The van der Waals surface area contributed by atoms with E-state index in [0.717, 1.165) is 35.6 Å². The molecule has 17 heavy (non-hydrogen) atoms. The molecule has 0 bridgehead atoms. The molecule has 1 aromatic rings. The molecule has 0 spiro atoms. The molecule has 0 heterocycles. The first-order valence-electron chi connectivity index (χ1n) is 5.87. The Bertz CT molecular complexity index is 333. The van der Waals surface area contributed by atoms with Crippen LogP contribution in [0.1, 0.15) is 24.8 Å². The Kier molecular flexibility index (Phi) is 7.86. The predicted molar refractivity (Wildman–Crippen MR) is 76.6 cm³/mol. The van der Waals surface area contributed by atoms with Crippen molar-refractivity contribution >= 4 is 27.5 Å². The van der Waals surface area contributed by atoms with E-state index in [1.807, 2.05) is 18.2 Å². The van der Waals surface area contributed by atoms with Gasteiger partial charge >= 0.3 is 0 Å². The molecule has 0 saturated heterocycles. The fraction of sp³-hybridized carbons (Fsp3) is 0.538. The first kappa shape index (κ1) is 15.0. The summed E-state index contributed by atoms with van der Waals surface area (Å²) in [6.45, 7) is 2.74. The van der Waals surface area contributed by atoms with Crippen molar-refractivity contribution in [2.75, 3.05) is 20.3 Å². The lowest BCUT2D eigenvalue weighted by Gasteiger charge is -2.07. The van der Waals surface area contributed by atoms with E-state index in [-0.39, 0.29) is 0 Å². The van der Waals surface area contributed by atoms with Gasteiger partial charge in [-0.05, 0) is 49.6 Å². The van der Waals surface area contributed by atoms with Gasteiger partial charge in [-0.2, -0.15) is 0 Å². The van der Waals surface area contributed by atoms with Gasteiger partial charge in [0.15, 0.2) is 0 Å². The van der Waals surface area contributed by atoms with Gasteiger partial charge in [0.1, 0.15) is 0 Å². The summed E-state index contributed by atoms with van der Waals surface area (Å²) in [6.07, 6.45) is 3.53. The lowest BCUT2D eigenvalue weighted by atomic mass is 10.2. The number of rotatable bonds is 8. The van der Waals surface area contributed by atoms with Crippen molar-refractivity contribution in [1.82, 2.24) is 5.32 Å². The second-order valence-corrected chi connectivity index (χ2v) is 5.26. The molecule has 1 N–H and O–H groups in total. The van der Waals surface area contributed by atoms with Crippen molar-refractivity contribution in [2.45, 2.75) is 25.8 Å². The minimum atomic E-state index is 0.782. The van der Waals surface area contributed by atoms with Crippen LogP contribution in [0.3, 0.4) is 0 Å². The van der Waals surface area contributed by atoms with E-state index in [0.29, 0.717) is 0 Å². The number of benzene rings is 1. The van der Waals surface area contributed by atoms with E-state index >= 15 is 0 Å². The Balaban J connectivity index is 2.15. The monoisotopic (exact) mass is 319 g/mol. The molecule has 1 rings (SSSR count). The molecule has 0 radical (unpaired) electrons. The van der Waals surface area contributed by atoms with E-state index in [4.69, 9.17) is 16.3 Å². The third-order valence-corrected chi connectivity index (χ3v) is 3.53. The van der Waals surface area contributed by atoms with E-state index in [1.54, 1.807) is 7.11 Å². The van der Waals surface area contributed by atoms with Gasteiger partial charge in [-0.3, -0.25) is 0 Å². The summed E-state index contributed by atoms with van der Waals surface area (Å²) in [5, 5.41) is 4.20. The largest absolute Gasteiger partial charge is 0.385 e. The molecule has 0 saturated carbocycles. The summed E-state index contributed by atoms with van der Waals surface area (Å²) in [7, 11) is 1.74. The highest BCUT2D eigenvalue weighted by atomic mass is 79.9. The minimum Gasteiger partial charge on any atom is -0.385 e. The van der Waals surface area contributed by atoms with E-state index in [9.17, 15) is 0 Å². The number of methoxy groups -OCH3 is 1. The zero-order valence-electron chi connectivity index (χ0n) is 10.1. The molecule has 0 amide bonds. The Labute approximate surface area is 117 Å². The fourth-order valence-electron chi connectivity index (χ4n) is 1.58. The lowest BCUT2D eigenvalue weighted by molar-refractivity contribution is 0.192. The highest BCUT2D eigenvalue weighted by Gasteiger charge is 2.00. The average Bonchev–Trinajstić information content (AvgIpc) is 2.32. The van der Waals surface area contributed by atoms with Gasteiger partial charge in [0.2, 0.25) is 0 Å². The molecule has 0 aliphatic rings. The standard InChI is InChI=1S/C13H19BrClNO/c1-17-8-4-2-3-7-16-10-11-9-12(15)5-6-13(11)14/h5-6,9,16H,2-4,7-8,10H2,1H3. The van der Waals surface area contributed by atoms with Crippen molar-refractivity contribution in [3.8, 4) is 0 Å². The summed E-state index contributed by atoms with van der Waals surface area (Å²) in [6, 6.07) is 5.86. The molecular formula is C13H19BrClNO. The molecular weight excluding hydrogens is 302 g/mol. The Morgan fingerprint density at radius 2 is 2.12 bits per heavy atom. The average molecular weight is 321 g/mol. The summed E-state index contributed by atoms with van der Waals surface area (Å²) in [5.41, 5.74) is 1.20. The summed E-state index contributed by atoms with van der Waals surface area (Å²) in [5.74, 6) is 0. The van der Waals surface area contributed by atoms with Crippen molar-refractivity contribution in [3.63, 3.8) is 0 Å². The van der Waals surface area contributed by atoms with Crippen LogP contribution in [0.4, 0.5) is 0 Å². The lowest BCUT2D eigenvalue weighted by Crippen LogP contribution is -2.15. The van der Waals surface area contributed by atoms with E-state index < -0.39 is 0 Å². The highest BCUT2D eigenvalue weighted by Crippen LogP contribution is 2.20. The van der Waals surface area contributed by atoms with Gasteiger partial charge in [0, 0.05) is 29.8 Å². The molecule has 0 aromatic heterocycles. The van der Waals surface area contributed by atoms with Crippen LogP contribution in [0.2, 0.25) is 5.02 Å². The number of hydrogen-bond donors (Lipinski definition) is 1. The Morgan fingerprint density at radius 3 is 2.88 bits per heavy atom. The maximum atomic E-state index is 5.95. The molecule has 0 atom stereocenters. The second kappa shape index (κ2) is 8.92. The third-order valence-electron chi connectivity index (χ3n) is 2.53. The van der Waals surface area contributed by atoms with Gasteiger partial charge in [-0.25, -0.2) is 0 Å². The van der Waals surface area contributed by atoms with Gasteiger partial charge < -0.3 is 10.1 Å². The molecule has 1 aromatic carbocycles. The van der Waals surface area contributed by atoms with Crippen LogP contribution in [0.5, 0.6) is 0 Å². The van der Waals surface area contributed by atoms with Crippen molar-refractivity contribution in [2.24, 2.45) is 0 Å². The van der Waals surface area contributed by atoms with E-state index in [2.05, 4.69) is 21.2 Å². The maximum absolute atomic E-state index is 5.95. The van der Waals surface area contributed by atoms with Gasteiger partial charge in [0.05, 0.1) is 0 Å². The molecule has 0 aliphatic carbocycles. The SMILES string of the molecule is COCCCCCNCc1cc(Cl)ccc1Br. The quantitative estimate of drug-likeness (QED) is 0.731. The zero-order chi connectivity index (χ0) is 12.5. The van der Waals surface area contributed by atoms with Gasteiger partial charge in [-0.1, -0.05) is 27.5 Å². The van der Waals surface area contributed by atoms with Crippen molar-refractivity contribution < 1.29 is 4.74 Å². The van der Waals surface area contributed by atoms with Crippen LogP contribution in [-0.2, 0) is 11.3 Å². The predicted octanol–water partition coefficient (Wildman–Crippen LogP) is 4.01. The molecule has 2 nitrogen and oxygen atoms in total. The summed E-state index contributed by atoms with van der Waals surface area (Å²) < 4.78 is 6.11. The molecule has 0 fully saturated rings. The van der Waals surface area contributed by atoms with Gasteiger partial charge in [-0.15, -0.1) is 0 Å². The second-order valence-electron chi connectivity index (χ2n) is 3.97. The van der Waals surface area contributed by atoms with Crippen LogP contribution in [0.25, 0.3) is 0 Å². The van der Waals surface area contributed by atoms with E-state index in [1.165, 1.54) is 18.4 Å². The Hall–Kier alpha value is -0.0900. The molecule has 96 valence electrons. The van der Waals surface area contributed by atoms with Crippen LogP contribution in [0, 0.1) is 0 Å². The normalized spacial score (nSPS) is 10.8. The smallest absolute Gasteiger partial charge is 0.0462 e.